The summed E-state index contributed by atoms with van der Waals surface area (Å²) in [5.41, 5.74) is 0. The molecule has 54 valence electrons. The fourth-order valence-electron chi connectivity index (χ4n) is 0.510. The van der Waals surface area contributed by atoms with Crippen LogP contribution in [0, 0.1) is 0 Å². The number of rotatable bonds is 1. The molecule has 9 heavy (non-hydrogen) atoms. The van der Waals surface area contributed by atoms with Crippen LogP contribution in [0.3, 0.4) is 0 Å². The van der Waals surface area contributed by atoms with Crippen LogP contribution in [-0.4, -0.2) is 26.8 Å². The van der Waals surface area contributed by atoms with Crippen molar-refractivity contribution in [3.05, 3.63) is 0 Å². The Morgan fingerprint density at radius 2 is 1.89 bits per heavy atom. The molecule has 0 bridgehead atoms. The minimum atomic E-state index is 0.375. The Kier molecular flexibility index (Phi) is 6.96. The lowest BCUT2D eigenvalue weighted by Gasteiger charge is -1.76. The van der Waals surface area contributed by atoms with Crippen LogP contribution in [0.2, 0.25) is 0 Å². The van der Waals surface area contributed by atoms with Crippen molar-refractivity contribution in [1.29, 1.82) is 0 Å². The summed E-state index contributed by atoms with van der Waals surface area (Å²) in [5, 5.41) is 0. The Morgan fingerprint density at radius 1 is 1.44 bits per heavy atom. The van der Waals surface area contributed by atoms with Gasteiger partial charge < -0.3 is 9.47 Å². The SMILES string of the molecule is C1CCOC1.COC=O. The van der Waals surface area contributed by atoms with Crippen molar-refractivity contribution in [1.82, 2.24) is 0 Å². The number of ether oxygens (including phenoxy) is 2. The average Bonchev–Trinajstić information content (AvgIpc) is 2.43. The fourth-order valence-corrected chi connectivity index (χ4v) is 0.510. The van der Waals surface area contributed by atoms with E-state index in [1.807, 2.05) is 0 Å². The molecule has 0 aromatic heterocycles. The van der Waals surface area contributed by atoms with E-state index >= 15 is 0 Å². The van der Waals surface area contributed by atoms with Crippen molar-refractivity contribution >= 4 is 6.47 Å². The third-order valence-corrected chi connectivity index (χ3v) is 0.924. The fraction of sp³-hybridized carbons (Fsp3) is 0.833. The van der Waals surface area contributed by atoms with Crippen molar-refractivity contribution in [2.75, 3.05) is 20.3 Å². The second-order valence-electron chi connectivity index (χ2n) is 1.65. The van der Waals surface area contributed by atoms with Crippen LogP contribution in [0.1, 0.15) is 12.8 Å². The molecule has 1 rings (SSSR count). The summed E-state index contributed by atoms with van der Waals surface area (Å²) in [6.07, 6.45) is 2.56. The zero-order chi connectivity index (χ0) is 6.95. The highest BCUT2D eigenvalue weighted by molar-refractivity contribution is 5.36. The molecule has 0 aromatic carbocycles. The first-order valence-electron chi connectivity index (χ1n) is 2.96. The lowest BCUT2D eigenvalue weighted by atomic mass is 10.4. The van der Waals surface area contributed by atoms with Crippen molar-refractivity contribution < 1.29 is 14.3 Å². The molecule has 0 radical (unpaired) electrons. The molecule has 1 aliphatic heterocycles. The highest BCUT2D eigenvalue weighted by Gasteiger charge is 1.94. The summed E-state index contributed by atoms with van der Waals surface area (Å²) in [4.78, 5) is 8.95. The van der Waals surface area contributed by atoms with Crippen molar-refractivity contribution in [2.24, 2.45) is 0 Å². The molecule has 0 saturated carbocycles. The van der Waals surface area contributed by atoms with Gasteiger partial charge in [0.1, 0.15) is 0 Å². The Morgan fingerprint density at radius 3 is 2.00 bits per heavy atom. The predicted molar refractivity (Wildman–Crippen MR) is 33.1 cm³/mol. The van der Waals surface area contributed by atoms with E-state index in [4.69, 9.17) is 9.53 Å². The first-order valence-corrected chi connectivity index (χ1v) is 2.96. The molecule has 0 N–H and O–H groups in total. The summed E-state index contributed by atoms with van der Waals surface area (Å²) in [6.45, 7) is 2.38. The summed E-state index contributed by atoms with van der Waals surface area (Å²) in [6, 6.07) is 0. The van der Waals surface area contributed by atoms with Gasteiger partial charge >= 0.3 is 0 Å². The third kappa shape index (κ3) is 7.43. The molecule has 0 aliphatic carbocycles. The van der Waals surface area contributed by atoms with Gasteiger partial charge in [0.2, 0.25) is 0 Å². The molecule has 3 heteroatoms. The van der Waals surface area contributed by atoms with Crippen molar-refractivity contribution in [3.8, 4) is 0 Å². The van der Waals surface area contributed by atoms with E-state index in [1.165, 1.54) is 20.0 Å². The van der Waals surface area contributed by atoms with E-state index in [9.17, 15) is 0 Å². The first kappa shape index (κ1) is 8.43. The second kappa shape index (κ2) is 7.43. The molecule has 1 fully saturated rings. The number of carbonyl (C=O) groups is 1. The normalized spacial score (nSPS) is 15.7. The largest absolute Gasteiger partial charge is 0.471 e. The van der Waals surface area contributed by atoms with Gasteiger partial charge in [-0.1, -0.05) is 0 Å². The summed E-state index contributed by atoms with van der Waals surface area (Å²) in [5.74, 6) is 0. The van der Waals surface area contributed by atoms with E-state index in [2.05, 4.69) is 4.74 Å². The van der Waals surface area contributed by atoms with Gasteiger partial charge in [0.25, 0.3) is 6.47 Å². The molecular weight excluding hydrogens is 120 g/mol. The number of carbonyl (C=O) groups excluding carboxylic acids is 1. The Balaban J connectivity index is 0.000000148. The third-order valence-electron chi connectivity index (χ3n) is 0.924. The summed E-state index contributed by atoms with van der Waals surface area (Å²) >= 11 is 0. The monoisotopic (exact) mass is 132 g/mol. The summed E-state index contributed by atoms with van der Waals surface area (Å²) < 4.78 is 8.81. The first-order chi connectivity index (χ1) is 4.41. The zero-order valence-corrected chi connectivity index (χ0v) is 5.63. The second-order valence-corrected chi connectivity index (χ2v) is 1.65. The Labute approximate surface area is 55.0 Å². The quantitative estimate of drug-likeness (QED) is 0.490. The van der Waals surface area contributed by atoms with Crippen LogP contribution in [0.5, 0.6) is 0 Å². The van der Waals surface area contributed by atoms with Crippen LogP contribution in [0.25, 0.3) is 0 Å². The molecule has 0 atom stereocenters. The maximum Gasteiger partial charge on any atom is 0.292 e. The van der Waals surface area contributed by atoms with Gasteiger partial charge in [-0.2, -0.15) is 0 Å². The van der Waals surface area contributed by atoms with Gasteiger partial charge in [0, 0.05) is 13.2 Å². The van der Waals surface area contributed by atoms with E-state index < -0.39 is 0 Å². The zero-order valence-electron chi connectivity index (χ0n) is 5.63. The maximum atomic E-state index is 8.95. The highest BCUT2D eigenvalue weighted by atomic mass is 16.5. The van der Waals surface area contributed by atoms with Gasteiger partial charge in [-0.25, -0.2) is 0 Å². The lowest BCUT2D eigenvalue weighted by molar-refractivity contribution is -0.126. The molecule has 0 spiro atoms. The van der Waals surface area contributed by atoms with Crippen LogP contribution in [-0.2, 0) is 14.3 Å². The van der Waals surface area contributed by atoms with Gasteiger partial charge in [0.05, 0.1) is 7.11 Å². The minimum Gasteiger partial charge on any atom is -0.471 e. The molecule has 0 aromatic rings. The lowest BCUT2D eigenvalue weighted by Crippen LogP contribution is -1.74. The van der Waals surface area contributed by atoms with Gasteiger partial charge in [-0.3, -0.25) is 4.79 Å². The predicted octanol–water partition coefficient (Wildman–Crippen LogP) is 0.586. The molecule has 0 amide bonds. The maximum absolute atomic E-state index is 8.95. The van der Waals surface area contributed by atoms with Gasteiger partial charge in [-0.05, 0) is 12.8 Å². The molecule has 3 nitrogen and oxygen atoms in total. The van der Waals surface area contributed by atoms with Gasteiger partial charge in [-0.15, -0.1) is 0 Å². The summed E-state index contributed by atoms with van der Waals surface area (Å²) in [7, 11) is 1.31. The minimum absolute atomic E-state index is 0.375. The molecule has 0 unspecified atom stereocenters. The van der Waals surface area contributed by atoms with Gasteiger partial charge in [0.15, 0.2) is 0 Å². The number of hydrogen-bond donors (Lipinski definition) is 0. The average molecular weight is 132 g/mol. The number of hydrogen-bond acceptors (Lipinski definition) is 3. The van der Waals surface area contributed by atoms with E-state index in [0.717, 1.165) is 13.2 Å². The topological polar surface area (TPSA) is 35.5 Å². The van der Waals surface area contributed by atoms with E-state index in [-0.39, 0.29) is 0 Å². The van der Waals surface area contributed by atoms with Crippen molar-refractivity contribution in [3.63, 3.8) is 0 Å². The standard InChI is InChI=1S/C4H8O.C2H4O2/c1-2-4-5-3-1;1-4-2-3/h1-4H2;2H,1H3. The highest BCUT2D eigenvalue weighted by Crippen LogP contribution is 1.98. The molecule has 1 saturated heterocycles. The number of methoxy groups -OCH3 is 1. The Bertz CT molecular complexity index is 51.7. The van der Waals surface area contributed by atoms with Crippen LogP contribution < -0.4 is 0 Å². The molecule has 1 aliphatic rings. The van der Waals surface area contributed by atoms with E-state index in [0.29, 0.717) is 6.47 Å². The molecule has 1 heterocycles. The van der Waals surface area contributed by atoms with Crippen LogP contribution in [0.4, 0.5) is 0 Å². The Hall–Kier alpha value is -0.570. The van der Waals surface area contributed by atoms with Crippen LogP contribution in [0.15, 0.2) is 0 Å². The van der Waals surface area contributed by atoms with Crippen LogP contribution >= 0.6 is 0 Å². The van der Waals surface area contributed by atoms with E-state index in [1.54, 1.807) is 0 Å². The smallest absolute Gasteiger partial charge is 0.292 e. The molecular formula is C6H12O3. The van der Waals surface area contributed by atoms with Crippen molar-refractivity contribution in [2.45, 2.75) is 12.8 Å².